The number of methoxy groups -OCH3 is 1. The van der Waals surface area contributed by atoms with Crippen LogP contribution in [0.3, 0.4) is 0 Å². The summed E-state index contributed by atoms with van der Waals surface area (Å²) in [5, 5.41) is 13.8. The minimum absolute atomic E-state index is 0.000416. The Morgan fingerprint density at radius 1 is 0.831 bits per heavy atom. The molecule has 10 fully saturated rings. The second-order valence-corrected chi connectivity index (χ2v) is 20.1. The average molecular weight is 830 g/mol. The van der Waals surface area contributed by atoms with Gasteiger partial charge in [-0.3, -0.25) is 4.79 Å². The Hall–Kier alpha value is -1.98. The van der Waals surface area contributed by atoms with Crippen molar-refractivity contribution in [3.63, 3.8) is 0 Å². The molecule has 59 heavy (non-hydrogen) atoms. The van der Waals surface area contributed by atoms with Gasteiger partial charge in [0.1, 0.15) is 41.9 Å². The van der Waals surface area contributed by atoms with E-state index in [-0.39, 0.29) is 117 Å². The Balaban J connectivity index is 0.955. The van der Waals surface area contributed by atoms with Gasteiger partial charge in [0.05, 0.1) is 67.1 Å². The Morgan fingerprint density at radius 2 is 1.56 bits per heavy atom. The van der Waals surface area contributed by atoms with Gasteiger partial charge in [0.25, 0.3) is 0 Å². The summed E-state index contributed by atoms with van der Waals surface area (Å²) in [6.07, 6.45) is 2.78. The van der Waals surface area contributed by atoms with Crippen molar-refractivity contribution >= 4 is 11.9 Å². The maximum Gasteiger partial charge on any atom is 0.407 e. The molecule has 10 saturated heterocycles. The molecule has 0 saturated carbocycles. The minimum atomic E-state index is -0.935. The summed E-state index contributed by atoms with van der Waals surface area (Å²) in [6.45, 7) is 16.5. The maximum atomic E-state index is 14.2. The van der Waals surface area contributed by atoms with Crippen LogP contribution in [-0.2, 0) is 52.2 Å². The van der Waals surface area contributed by atoms with Crippen LogP contribution in [0, 0.1) is 11.8 Å². The fourth-order valence-electron chi connectivity index (χ4n) is 11.8. The van der Waals surface area contributed by atoms with Crippen molar-refractivity contribution in [3.8, 4) is 0 Å². The summed E-state index contributed by atoms with van der Waals surface area (Å²) in [5.41, 5.74) is 1.48. The first-order valence-electron chi connectivity index (χ1n) is 22.5. The third-order valence-electron chi connectivity index (χ3n) is 14.6. The molecule has 10 heterocycles. The van der Waals surface area contributed by atoms with Crippen LogP contribution in [0.2, 0.25) is 0 Å². The molecule has 330 valence electrons. The molecular weight excluding hydrogens is 762 g/mol. The van der Waals surface area contributed by atoms with E-state index in [1.807, 2.05) is 0 Å². The molecule has 0 aromatic rings. The lowest BCUT2D eigenvalue weighted by Crippen LogP contribution is -2.61. The van der Waals surface area contributed by atoms with Gasteiger partial charge < -0.3 is 57.8 Å². The van der Waals surface area contributed by atoms with E-state index in [2.05, 4.69) is 25.4 Å². The number of alkyl carbamates (subject to hydrolysis) is 1. The fourth-order valence-corrected chi connectivity index (χ4v) is 11.8. The van der Waals surface area contributed by atoms with Gasteiger partial charge in [-0.2, -0.15) is 0 Å². The number of fused-ring (bicyclic) bond motifs is 6. The number of hydrogen-bond donors (Lipinski definition) is 2. The summed E-state index contributed by atoms with van der Waals surface area (Å²) >= 11 is 0. The normalized spacial score (nSPS) is 47.7. The summed E-state index contributed by atoms with van der Waals surface area (Å²) in [5.74, 6) is -0.821. The molecule has 0 aromatic heterocycles. The van der Waals surface area contributed by atoms with Crippen LogP contribution in [0.25, 0.3) is 0 Å². The molecule has 12 bridgehead atoms. The van der Waals surface area contributed by atoms with Crippen molar-refractivity contribution in [1.29, 1.82) is 0 Å². The minimum Gasteiger partial charge on any atom is -0.444 e. The van der Waals surface area contributed by atoms with E-state index in [9.17, 15) is 14.7 Å². The first kappa shape index (κ1) is 42.3. The van der Waals surface area contributed by atoms with E-state index in [4.69, 9.17) is 47.4 Å². The zero-order valence-electron chi connectivity index (χ0n) is 35.6. The standard InChI is InChI=1S/C45H67NO13/c1-22-14-27-8-10-31-23(2)15-29(51-31)12-13-45-20-36-39(57-45)40-41(56-36)42(58-45)38-32(55-40)11-9-28(53-38)16-25(47)17-30-34(19-33(52-27)24(22)3)54-35(37(30)50-7)18-26(48)21-46-43(49)59-44(4,5)6/h22,26-42,48H,2-3,8-21H2,1,4-7H3,(H,46,49)/t22-,26+,27?,28-,29?,30?,31+,32+,33?,34+,35-,36?,37-,38+,39+,40+,41-,42+,45+/m1/s1. The van der Waals surface area contributed by atoms with Crippen LogP contribution in [0.15, 0.2) is 24.3 Å². The Labute approximate surface area is 348 Å². The van der Waals surface area contributed by atoms with Gasteiger partial charge in [0.2, 0.25) is 0 Å². The Morgan fingerprint density at radius 3 is 2.36 bits per heavy atom. The van der Waals surface area contributed by atoms with Crippen molar-refractivity contribution in [2.24, 2.45) is 11.8 Å². The first-order valence-corrected chi connectivity index (χ1v) is 22.5. The van der Waals surface area contributed by atoms with Gasteiger partial charge in [-0.15, -0.1) is 0 Å². The zero-order chi connectivity index (χ0) is 41.4. The number of aliphatic hydroxyl groups excluding tert-OH is 1. The summed E-state index contributed by atoms with van der Waals surface area (Å²) < 4.78 is 65.7. The lowest BCUT2D eigenvalue weighted by atomic mass is 9.81. The van der Waals surface area contributed by atoms with Crippen LogP contribution in [0.5, 0.6) is 0 Å². The third-order valence-corrected chi connectivity index (χ3v) is 14.6. The van der Waals surface area contributed by atoms with Crippen LogP contribution in [-0.4, -0.2) is 140 Å². The van der Waals surface area contributed by atoms with Crippen LogP contribution in [0.4, 0.5) is 4.79 Å². The number of hydrogen-bond acceptors (Lipinski definition) is 13. The average Bonchev–Trinajstić information content (AvgIpc) is 3.85. The quantitative estimate of drug-likeness (QED) is 0.357. The van der Waals surface area contributed by atoms with E-state index in [1.165, 1.54) is 0 Å². The number of Topliss-reactive ketones (excluding diaryl/α,β-unsaturated/α-hetero) is 1. The lowest BCUT2D eigenvalue weighted by molar-refractivity contribution is -0.292. The lowest BCUT2D eigenvalue weighted by Gasteiger charge is -2.47. The molecule has 5 unspecified atom stereocenters. The molecule has 1 amide bonds. The number of rotatable bonds is 5. The van der Waals surface area contributed by atoms with Gasteiger partial charge in [-0.05, 0) is 82.8 Å². The van der Waals surface area contributed by atoms with E-state index in [0.29, 0.717) is 25.7 Å². The Bertz CT molecular complexity index is 1600. The van der Waals surface area contributed by atoms with E-state index in [0.717, 1.165) is 49.7 Å². The highest BCUT2D eigenvalue weighted by Gasteiger charge is 2.68. The zero-order valence-corrected chi connectivity index (χ0v) is 35.6. The van der Waals surface area contributed by atoms with Gasteiger partial charge in [0, 0.05) is 58.1 Å². The highest BCUT2D eigenvalue weighted by molar-refractivity contribution is 5.79. The highest BCUT2D eigenvalue weighted by atomic mass is 16.8. The van der Waals surface area contributed by atoms with E-state index < -0.39 is 41.9 Å². The molecular formula is C45H67NO13. The van der Waals surface area contributed by atoms with Gasteiger partial charge >= 0.3 is 6.09 Å². The van der Waals surface area contributed by atoms with E-state index in [1.54, 1.807) is 27.9 Å². The molecule has 10 rings (SSSR count). The topological polar surface area (TPSA) is 159 Å². The third kappa shape index (κ3) is 8.71. The summed E-state index contributed by atoms with van der Waals surface area (Å²) in [7, 11) is 1.63. The predicted octanol–water partition coefficient (Wildman–Crippen LogP) is 5.00. The van der Waals surface area contributed by atoms with Crippen molar-refractivity contribution < 1.29 is 62.1 Å². The number of amides is 1. The molecule has 0 aromatic carbocycles. The van der Waals surface area contributed by atoms with Gasteiger partial charge in [0.15, 0.2) is 5.79 Å². The number of carbonyl (C=O) groups is 2. The molecule has 0 radical (unpaired) electrons. The Kier molecular flexibility index (Phi) is 11.9. The monoisotopic (exact) mass is 829 g/mol. The fraction of sp³-hybridized carbons (Fsp3) is 0.867. The molecule has 14 heteroatoms. The van der Waals surface area contributed by atoms with Gasteiger partial charge in [-0.25, -0.2) is 4.79 Å². The molecule has 14 nitrogen and oxygen atoms in total. The van der Waals surface area contributed by atoms with Crippen molar-refractivity contribution in [3.05, 3.63) is 24.3 Å². The summed E-state index contributed by atoms with van der Waals surface area (Å²) in [6, 6.07) is 0. The van der Waals surface area contributed by atoms with E-state index >= 15 is 0 Å². The summed E-state index contributed by atoms with van der Waals surface area (Å²) in [4.78, 5) is 26.6. The second-order valence-electron chi connectivity index (χ2n) is 20.1. The number of nitrogens with one attached hydrogen (secondary N) is 1. The molecule has 19 atom stereocenters. The van der Waals surface area contributed by atoms with Crippen molar-refractivity contribution in [2.75, 3.05) is 13.7 Å². The van der Waals surface area contributed by atoms with Crippen molar-refractivity contribution in [1.82, 2.24) is 5.32 Å². The maximum absolute atomic E-state index is 14.2. The first-order chi connectivity index (χ1) is 28.1. The number of ketones is 1. The van der Waals surface area contributed by atoms with Crippen LogP contribution in [0.1, 0.15) is 111 Å². The molecule has 1 spiro atoms. The van der Waals surface area contributed by atoms with Crippen LogP contribution < -0.4 is 5.32 Å². The largest absolute Gasteiger partial charge is 0.444 e. The smallest absolute Gasteiger partial charge is 0.407 e. The van der Waals surface area contributed by atoms with Crippen LogP contribution >= 0.6 is 0 Å². The molecule has 2 N–H and O–H groups in total. The highest BCUT2D eigenvalue weighted by Crippen LogP contribution is 2.54. The SMILES string of the molecule is C=C1C2C[C@@H]3O[C@H](C[C@H](O)CNC(=O)OC(C)(C)C)[C@H](OC)C3CC(=O)C[C@H]3CC[C@@H]4O[C@@H]5[C@H]6OC7C[C@](CCC8CC(=C)[C@H](CCC(C[C@H]1C)O2)O8)(O[C@H]6[C@H]4O3)O[C@@H]75. The number of ether oxygens (including phenoxy) is 10. The molecule has 10 aliphatic rings. The van der Waals surface area contributed by atoms with Gasteiger partial charge in [-0.1, -0.05) is 20.1 Å². The number of carbonyl (C=O) groups excluding carboxylic acids is 2. The van der Waals surface area contributed by atoms with Crippen molar-refractivity contribution in [2.45, 2.75) is 220 Å². The number of aliphatic hydroxyl groups is 1. The molecule has 10 aliphatic heterocycles. The second kappa shape index (κ2) is 16.6. The predicted molar refractivity (Wildman–Crippen MR) is 211 cm³/mol. The molecule has 0 aliphatic carbocycles.